The van der Waals surface area contributed by atoms with E-state index in [9.17, 15) is 14.4 Å². The van der Waals surface area contributed by atoms with Crippen LogP contribution in [0.25, 0.3) is 11.0 Å². The third-order valence-corrected chi connectivity index (χ3v) is 6.49. The molecule has 1 amide bonds. The van der Waals surface area contributed by atoms with Crippen molar-refractivity contribution < 1.29 is 18.7 Å². The Kier molecular flexibility index (Phi) is 4.83. The monoisotopic (exact) mass is 466 g/mol. The number of carbonyl (C=O) groups is 2. The summed E-state index contributed by atoms with van der Waals surface area (Å²) in [6, 6.07) is 10.5. The number of methoxy groups -OCH3 is 1. The molecule has 0 bridgehead atoms. The van der Waals surface area contributed by atoms with Crippen LogP contribution in [0.4, 0.5) is 5.13 Å². The van der Waals surface area contributed by atoms with Gasteiger partial charge in [-0.2, -0.15) is 0 Å². The molecule has 32 heavy (non-hydrogen) atoms. The molecule has 5 rings (SSSR count). The van der Waals surface area contributed by atoms with E-state index in [4.69, 9.17) is 20.8 Å². The van der Waals surface area contributed by atoms with Crippen LogP contribution in [0.5, 0.6) is 0 Å². The van der Waals surface area contributed by atoms with Crippen molar-refractivity contribution in [2.45, 2.75) is 13.0 Å². The van der Waals surface area contributed by atoms with Gasteiger partial charge in [-0.25, -0.2) is 9.78 Å². The Morgan fingerprint density at radius 1 is 1.19 bits per heavy atom. The molecular weight excluding hydrogens is 452 g/mol. The van der Waals surface area contributed by atoms with Crippen molar-refractivity contribution in [1.82, 2.24) is 4.98 Å². The summed E-state index contributed by atoms with van der Waals surface area (Å²) in [6.07, 6.45) is 0. The summed E-state index contributed by atoms with van der Waals surface area (Å²) in [5, 5.41) is 2.95. The smallest absolute Gasteiger partial charge is 0.337 e. The molecule has 0 radical (unpaired) electrons. The number of aryl methyl sites for hydroxylation is 1. The first kappa shape index (κ1) is 20.4. The number of nitrogens with zero attached hydrogens (tertiary/aromatic N) is 2. The fourth-order valence-corrected chi connectivity index (χ4v) is 4.83. The third kappa shape index (κ3) is 3.11. The number of amides is 1. The molecule has 0 unspecified atom stereocenters. The topological polar surface area (TPSA) is 89.7 Å². The van der Waals surface area contributed by atoms with Gasteiger partial charge in [0.25, 0.3) is 5.91 Å². The molecule has 0 spiro atoms. The van der Waals surface area contributed by atoms with Gasteiger partial charge in [-0.15, -0.1) is 11.3 Å². The van der Waals surface area contributed by atoms with Crippen LogP contribution in [0.1, 0.15) is 43.8 Å². The van der Waals surface area contributed by atoms with Gasteiger partial charge in [-0.05, 0) is 42.8 Å². The number of rotatable bonds is 3. The van der Waals surface area contributed by atoms with E-state index in [1.54, 1.807) is 36.4 Å². The molecule has 0 aliphatic carbocycles. The lowest BCUT2D eigenvalue weighted by atomic mass is 9.97. The van der Waals surface area contributed by atoms with Crippen LogP contribution in [-0.2, 0) is 4.74 Å². The first-order valence-corrected chi connectivity index (χ1v) is 10.8. The maximum atomic E-state index is 13.5. The molecule has 0 fully saturated rings. The highest BCUT2D eigenvalue weighted by molar-refractivity contribution is 7.14. The predicted molar refractivity (Wildman–Crippen MR) is 121 cm³/mol. The van der Waals surface area contributed by atoms with Crippen molar-refractivity contribution in [1.29, 1.82) is 0 Å². The lowest BCUT2D eigenvalue weighted by molar-refractivity contribution is 0.0600. The zero-order valence-electron chi connectivity index (χ0n) is 16.9. The second-order valence-electron chi connectivity index (χ2n) is 7.28. The van der Waals surface area contributed by atoms with Crippen molar-refractivity contribution in [3.05, 3.63) is 91.2 Å². The second kappa shape index (κ2) is 7.58. The number of ether oxygens (including phenoxy) is 1. The number of fused-ring (bicyclic) bond motifs is 2. The van der Waals surface area contributed by atoms with E-state index in [0.29, 0.717) is 21.3 Å². The predicted octanol–water partition coefficient (Wildman–Crippen LogP) is 4.75. The third-order valence-electron chi connectivity index (χ3n) is 5.29. The Morgan fingerprint density at radius 2 is 1.94 bits per heavy atom. The standard InChI is InChI=1S/C23H15ClN2O5S/c1-11-10-32-23(25-11)26-18(12-3-5-13(6-4-12)22(29)30-2)17-19(27)15-9-14(24)7-8-16(15)31-20(17)21(26)28/h3-10,18H,1-2H3/t18-/m0/s1. The van der Waals surface area contributed by atoms with Crippen LogP contribution in [0.2, 0.25) is 5.02 Å². The van der Waals surface area contributed by atoms with Crippen LogP contribution >= 0.6 is 22.9 Å². The van der Waals surface area contributed by atoms with Gasteiger partial charge in [-0.1, -0.05) is 23.7 Å². The van der Waals surface area contributed by atoms with E-state index in [-0.39, 0.29) is 27.7 Å². The number of thiazole rings is 1. The SMILES string of the molecule is COC(=O)c1ccc([C@H]2c3c(oc4ccc(Cl)cc4c3=O)C(=O)N2c2nc(C)cs2)cc1. The van der Waals surface area contributed by atoms with Gasteiger partial charge in [0.2, 0.25) is 5.76 Å². The molecule has 160 valence electrons. The summed E-state index contributed by atoms with van der Waals surface area (Å²) in [7, 11) is 1.30. The average Bonchev–Trinajstić information content (AvgIpc) is 3.35. The Labute approximate surface area is 190 Å². The summed E-state index contributed by atoms with van der Waals surface area (Å²) in [4.78, 5) is 44.7. The molecule has 7 nitrogen and oxygen atoms in total. The molecule has 0 saturated carbocycles. The van der Waals surface area contributed by atoms with E-state index in [1.807, 2.05) is 12.3 Å². The minimum atomic E-state index is -0.769. The molecule has 4 aromatic rings. The molecule has 1 aliphatic rings. The fraction of sp³-hybridized carbons (Fsp3) is 0.130. The maximum absolute atomic E-state index is 13.5. The summed E-state index contributed by atoms with van der Waals surface area (Å²) >= 11 is 7.40. The Bertz CT molecular complexity index is 1460. The van der Waals surface area contributed by atoms with Crippen molar-refractivity contribution in [3.63, 3.8) is 0 Å². The van der Waals surface area contributed by atoms with Crippen LogP contribution in [-0.4, -0.2) is 24.0 Å². The molecule has 2 aromatic carbocycles. The van der Waals surface area contributed by atoms with Crippen LogP contribution in [0, 0.1) is 6.92 Å². The lowest BCUT2D eigenvalue weighted by Gasteiger charge is -2.22. The Morgan fingerprint density at radius 3 is 2.59 bits per heavy atom. The maximum Gasteiger partial charge on any atom is 0.337 e. The molecule has 0 N–H and O–H groups in total. The highest BCUT2D eigenvalue weighted by Crippen LogP contribution is 2.42. The quantitative estimate of drug-likeness (QED) is 0.405. The lowest BCUT2D eigenvalue weighted by Crippen LogP contribution is -2.29. The van der Waals surface area contributed by atoms with E-state index in [2.05, 4.69) is 4.98 Å². The van der Waals surface area contributed by atoms with Crippen molar-refractivity contribution in [2.24, 2.45) is 0 Å². The van der Waals surface area contributed by atoms with E-state index < -0.39 is 17.9 Å². The first-order chi connectivity index (χ1) is 15.4. The number of esters is 1. The summed E-state index contributed by atoms with van der Waals surface area (Å²) < 4.78 is 10.7. The van der Waals surface area contributed by atoms with Crippen molar-refractivity contribution in [3.8, 4) is 0 Å². The largest absolute Gasteiger partial charge is 0.465 e. The van der Waals surface area contributed by atoms with Crippen LogP contribution in [0.15, 0.2) is 57.1 Å². The van der Waals surface area contributed by atoms with Crippen LogP contribution in [0.3, 0.4) is 0 Å². The van der Waals surface area contributed by atoms with E-state index in [0.717, 1.165) is 5.69 Å². The zero-order valence-corrected chi connectivity index (χ0v) is 18.5. The Hall–Kier alpha value is -3.49. The molecule has 3 heterocycles. The first-order valence-electron chi connectivity index (χ1n) is 9.59. The number of carbonyl (C=O) groups excluding carboxylic acids is 2. The summed E-state index contributed by atoms with van der Waals surface area (Å²) in [6.45, 7) is 1.83. The van der Waals surface area contributed by atoms with Gasteiger partial charge in [0, 0.05) is 10.4 Å². The number of aromatic nitrogens is 1. The van der Waals surface area contributed by atoms with Gasteiger partial charge in [0.05, 0.1) is 35.4 Å². The minimum absolute atomic E-state index is 0.0280. The molecule has 2 aromatic heterocycles. The molecule has 0 saturated heterocycles. The van der Waals surface area contributed by atoms with Crippen LogP contribution < -0.4 is 10.3 Å². The van der Waals surface area contributed by atoms with E-state index in [1.165, 1.54) is 29.4 Å². The van der Waals surface area contributed by atoms with Gasteiger partial charge in [0.1, 0.15) is 5.58 Å². The average molecular weight is 467 g/mol. The summed E-state index contributed by atoms with van der Waals surface area (Å²) in [5.41, 5.74) is 1.90. The van der Waals surface area contributed by atoms with E-state index >= 15 is 0 Å². The fourth-order valence-electron chi connectivity index (χ4n) is 3.83. The second-order valence-corrected chi connectivity index (χ2v) is 8.55. The summed E-state index contributed by atoms with van der Waals surface area (Å²) in [5.74, 6) is -0.961. The van der Waals surface area contributed by atoms with Crippen molar-refractivity contribution in [2.75, 3.05) is 12.0 Å². The van der Waals surface area contributed by atoms with Crippen molar-refractivity contribution >= 4 is 50.9 Å². The van der Waals surface area contributed by atoms with Gasteiger partial charge in [0.15, 0.2) is 10.6 Å². The van der Waals surface area contributed by atoms with Gasteiger partial charge < -0.3 is 9.15 Å². The van der Waals surface area contributed by atoms with Gasteiger partial charge in [-0.3, -0.25) is 14.5 Å². The highest BCUT2D eigenvalue weighted by Gasteiger charge is 2.44. The van der Waals surface area contributed by atoms with Gasteiger partial charge >= 0.3 is 5.97 Å². The molecule has 9 heteroatoms. The molecular formula is C23H15ClN2O5S. The highest BCUT2D eigenvalue weighted by atomic mass is 35.5. The normalized spacial score (nSPS) is 15.3. The number of hydrogen-bond acceptors (Lipinski definition) is 7. The molecule has 1 atom stereocenters. The number of hydrogen-bond donors (Lipinski definition) is 0. The number of benzene rings is 2. The minimum Gasteiger partial charge on any atom is -0.465 e. The zero-order chi connectivity index (χ0) is 22.6. The number of anilines is 1. The number of halogens is 1. The molecule has 1 aliphatic heterocycles. The Balaban J connectivity index is 1.76.